The molecule has 0 fully saturated rings. The number of rotatable bonds is 5. The summed E-state index contributed by atoms with van der Waals surface area (Å²) in [5, 5.41) is 0.556. The summed E-state index contributed by atoms with van der Waals surface area (Å²) in [4.78, 5) is 19.0. The first-order valence-corrected chi connectivity index (χ1v) is 6.12. The molecular weight excluding hydrogens is 224 g/mol. The van der Waals surface area contributed by atoms with E-state index in [9.17, 15) is 4.79 Å². The van der Waals surface area contributed by atoms with Gasteiger partial charge >= 0.3 is 0 Å². The molecule has 0 radical (unpaired) electrons. The van der Waals surface area contributed by atoms with Crippen molar-refractivity contribution >= 4 is 23.5 Å². The molecule has 16 heavy (non-hydrogen) atoms. The highest BCUT2D eigenvalue weighted by Gasteiger charge is 2.09. The van der Waals surface area contributed by atoms with Gasteiger partial charge in [-0.3, -0.25) is 4.79 Å². The monoisotopic (exact) mass is 240 g/mol. The predicted octanol–water partition coefficient (Wildman–Crippen LogP) is 1.19. The van der Waals surface area contributed by atoms with Crippen molar-refractivity contribution in [3.05, 3.63) is 17.6 Å². The maximum Gasteiger partial charge on any atom is 0.254 e. The van der Waals surface area contributed by atoms with Gasteiger partial charge in [0, 0.05) is 11.4 Å². The zero-order valence-corrected chi connectivity index (χ0v) is 10.3. The number of amides is 1. The summed E-state index contributed by atoms with van der Waals surface area (Å²) in [6.07, 6.45) is 2.48. The smallest absolute Gasteiger partial charge is 0.254 e. The van der Waals surface area contributed by atoms with Gasteiger partial charge in [-0.2, -0.15) is 11.8 Å². The minimum atomic E-state index is -0.598. The van der Waals surface area contributed by atoms with E-state index in [0.29, 0.717) is 16.8 Å². The zero-order valence-electron chi connectivity index (χ0n) is 9.43. The van der Waals surface area contributed by atoms with Gasteiger partial charge in [-0.15, -0.1) is 0 Å². The second-order valence-electron chi connectivity index (χ2n) is 3.48. The molecule has 0 aliphatic heterocycles. The van der Waals surface area contributed by atoms with Gasteiger partial charge in [-0.05, 0) is 6.42 Å². The average Bonchev–Trinajstić information content (AvgIpc) is 2.25. The van der Waals surface area contributed by atoms with Crippen molar-refractivity contribution in [3.63, 3.8) is 0 Å². The van der Waals surface area contributed by atoms with Crippen LogP contribution >= 0.6 is 11.8 Å². The third-order valence-electron chi connectivity index (χ3n) is 2.21. The van der Waals surface area contributed by atoms with E-state index in [-0.39, 0.29) is 11.4 Å². The standard InChI is InChI=1S/C10H16N4OS/c1-3-6(2)16-5-8-13-4-7(10(12)15)9(11)14-8/h4,6H,3,5H2,1-2H3,(H2,12,15)(H2,11,13,14). The van der Waals surface area contributed by atoms with E-state index < -0.39 is 5.91 Å². The normalized spacial score (nSPS) is 12.4. The first kappa shape index (κ1) is 12.8. The summed E-state index contributed by atoms with van der Waals surface area (Å²) in [5.41, 5.74) is 10.9. The van der Waals surface area contributed by atoms with Gasteiger partial charge in [-0.25, -0.2) is 9.97 Å². The van der Waals surface area contributed by atoms with E-state index >= 15 is 0 Å². The molecule has 1 atom stereocenters. The van der Waals surface area contributed by atoms with Crippen LogP contribution in [0.15, 0.2) is 6.20 Å². The zero-order chi connectivity index (χ0) is 12.1. The van der Waals surface area contributed by atoms with Crippen LogP contribution < -0.4 is 11.5 Å². The van der Waals surface area contributed by atoms with Crippen LogP contribution in [0.2, 0.25) is 0 Å². The number of aromatic nitrogens is 2. The van der Waals surface area contributed by atoms with Crippen molar-refractivity contribution in [2.24, 2.45) is 5.73 Å². The number of carbonyl (C=O) groups is 1. The molecule has 0 aliphatic rings. The van der Waals surface area contributed by atoms with Crippen molar-refractivity contribution in [2.75, 3.05) is 5.73 Å². The maximum atomic E-state index is 10.9. The van der Waals surface area contributed by atoms with E-state index in [2.05, 4.69) is 23.8 Å². The van der Waals surface area contributed by atoms with Crippen LogP contribution in [0.4, 0.5) is 5.82 Å². The molecule has 1 aromatic heterocycles. The molecule has 6 heteroatoms. The van der Waals surface area contributed by atoms with Gasteiger partial charge in [0.1, 0.15) is 11.6 Å². The van der Waals surface area contributed by atoms with E-state index in [0.717, 1.165) is 6.42 Å². The van der Waals surface area contributed by atoms with Gasteiger partial charge < -0.3 is 11.5 Å². The Morgan fingerprint density at radius 2 is 2.31 bits per heavy atom. The lowest BCUT2D eigenvalue weighted by atomic mass is 10.3. The van der Waals surface area contributed by atoms with Crippen LogP contribution in [-0.4, -0.2) is 21.1 Å². The minimum absolute atomic E-state index is 0.155. The summed E-state index contributed by atoms with van der Waals surface area (Å²) >= 11 is 1.76. The van der Waals surface area contributed by atoms with Crippen molar-refractivity contribution in [1.29, 1.82) is 0 Å². The molecule has 0 saturated carbocycles. The highest BCUT2D eigenvalue weighted by atomic mass is 32.2. The molecule has 0 aromatic carbocycles. The number of hydrogen-bond acceptors (Lipinski definition) is 5. The molecule has 4 N–H and O–H groups in total. The van der Waals surface area contributed by atoms with Crippen molar-refractivity contribution < 1.29 is 4.79 Å². The molecule has 0 saturated heterocycles. The average molecular weight is 240 g/mol. The molecule has 0 spiro atoms. The lowest BCUT2D eigenvalue weighted by Crippen LogP contribution is -2.16. The molecule has 1 amide bonds. The number of nitrogen functional groups attached to an aromatic ring is 1. The first-order chi connectivity index (χ1) is 7.54. The summed E-state index contributed by atoms with van der Waals surface area (Å²) in [6, 6.07) is 0. The molecule has 1 unspecified atom stereocenters. The van der Waals surface area contributed by atoms with E-state index in [1.807, 2.05) is 0 Å². The first-order valence-electron chi connectivity index (χ1n) is 5.07. The van der Waals surface area contributed by atoms with Gasteiger partial charge in [0.05, 0.1) is 11.3 Å². The van der Waals surface area contributed by atoms with E-state index in [1.54, 1.807) is 11.8 Å². The van der Waals surface area contributed by atoms with Crippen molar-refractivity contribution in [3.8, 4) is 0 Å². The summed E-state index contributed by atoms with van der Waals surface area (Å²) < 4.78 is 0. The number of nitrogens with two attached hydrogens (primary N) is 2. The van der Waals surface area contributed by atoms with Crippen LogP contribution in [0.5, 0.6) is 0 Å². The third-order valence-corrected chi connectivity index (χ3v) is 3.53. The molecule has 1 rings (SSSR count). The van der Waals surface area contributed by atoms with Crippen molar-refractivity contribution in [2.45, 2.75) is 31.3 Å². The summed E-state index contributed by atoms with van der Waals surface area (Å²) in [7, 11) is 0. The van der Waals surface area contributed by atoms with Crippen LogP contribution in [0.25, 0.3) is 0 Å². The third kappa shape index (κ3) is 3.37. The molecular formula is C10H16N4OS. The van der Waals surface area contributed by atoms with E-state index in [1.165, 1.54) is 6.20 Å². The van der Waals surface area contributed by atoms with Gasteiger partial charge in [0.15, 0.2) is 0 Å². The van der Waals surface area contributed by atoms with E-state index in [4.69, 9.17) is 11.5 Å². The Kier molecular flexibility index (Phi) is 4.54. The number of primary amides is 1. The summed E-state index contributed by atoms with van der Waals surface area (Å²) in [5.74, 6) is 0.881. The van der Waals surface area contributed by atoms with Gasteiger partial charge in [-0.1, -0.05) is 13.8 Å². The molecule has 0 bridgehead atoms. The topological polar surface area (TPSA) is 94.9 Å². The Labute approximate surface area is 99.0 Å². The fourth-order valence-corrected chi connectivity index (χ4v) is 1.84. The lowest BCUT2D eigenvalue weighted by Gasteiger charge is -2.07. The predicted molar refractivity (Wildman–Crippen MR) is 66.0 cm³/mol. The minimum Gasteiger partial charge on any atom is -0.383 e. The van der Waals surface area contributed by atoms with Gasteiger partial charge in [0.2, 0.25) is 0 Å². The quantitative estimate of drug-likeness (QED) is 0.806. The number of anilines is 1. The van der Waals surface area contributed by atoms with Crippen LogP contribution in [0.3, 0.4) is 0 Å². The highest BCUT2D eigenvalue weighted by molar-refractivity contribution is 7.99. The fraction of sp³-hybridized carbons (Fsp3) is 0.500. The Hall–Kier alpha value is -1.30. The number of hydrogen-bond donors (Lipinski definition) is 2. The second kappa shape index (κ2) is 5.69. The second-order valence-corrected chi connectivity index (χ2v) is 4.91. The lowest BCUT2D eigenvalue weighted by molar-refractivity contribution is 0.100. The molecule has 5 nitrogen and oxygen atoms in total. The van der Waals surface area contributed by atoms with Crippen LogP contribution in [-0.2, 0) is 5.75 Å². The van der Waals surface area contributed by atoms with Crippen LogP contribution in [0, 0.1) is 0 Å². The Morgan fingerprint density at radius 1 is 1.62 bits per heavy atom. The largest absolute Gasteiger partial charge is 0.383 e. The number of nitrogens with zero attached hydrogens (tertiary/aromatic N) is 2. The maximum absolute atomic E-state index is 10.9. The summed E-state index contributed by atoms with van der Waals surface area (Å²) in [6.45, 7) is 4.27. The Bertz CT molecular complexity index is 383. The fourth-order valence-electron chi connectivity index (χ4n) is 1.03. The van der Waals surface area contributed by atoms with Crippen LogP contribution in [0.1, 0.15) is 36.5 Å². The van der Waals surface area contributed by atoms with Gasteiger partial charge in [0.25, 0.3) is 5.91 Å². The molecule has 1 heterocycles. The highest BCUT2D eigenvalue weighted by Crippen LogP contribution is 2.18. The molecule has 88 valence electrons. The molecule has 1 aromatic rings. The SMILES string of the molecule is CCC(C)SCc1ncc(C(N)=O)c(N)n1. The Morgan fingerprint density at radius 3 is 2.81 bits per heavy atom. The number of thioether (sulfide) groups is 1. The molecule has 0 aliphatic carbocycles. The Balaban J connectivity index is 2.70. The van der Waals surface area contributed by atoms with Crippen molar-refractivity contribution in [1.82, 2.24) is 9.97 Å². The number of carbonyl (C=O) groups excluding carboxylic acids is 1.